The standard InChI is InChI=1S/C29H31NO7/c1-30-8-7-16-10-26(35-5)29(36-6)28-19-13-23(33-3)25(11-17(19)9-20(30)27(16)28)37-21-14-24(34-4)22(32-2)12-18(21)15-31/h10-15,20H,7-9H2,1-6H3/t20-/m1/s1. The molecule has 1 atom stereocenters. The first-order valence-corrected chi connectivity index (χ1v) is 12.1. The van der Waals surface area contributed by atoms with Gasteiger partial charge in [0.05, 0.1) is 41.1 Å². The molecule has 0 radical (unpaired) electrons. The maximum Gasteiger partial charge on any atom is 0.169 e. The van der Waals surface area contributed by atoms with Gasteiger partial charge in [-0.2, -0.15) is 0 Å². The topological polar surface area (TPSA) is 75.7 Å². The zero-order valence-corrected chi connectivity index (χ0v) is 22.0. The van der Waals surface area contributed by atoms with Gasteiger partial charge < -0.3 is 28.4 Å². The highest BCUT2D eigenvalue weighted by molar-refractivity contribution is 5.85. The van der Waals surface area contributed by atoms with Crippen molar-refractivity contribution in [3.8, 4) is 51.4 Å². The minimum atomic E-state index is 0.193. The number of hydrogen-bond donors (Lipinski definition) is 0. The van der Waals surface area contributed by atoms with Crippen molar-refractivity contribution in [2.75, 3.05) is 49.1 Å². The molecule has 5 rings (SSSR count). The molecule has 0 fully saturated rings. The third-order valence-corrected chi connectivity index (χ3v) is 7.33. The summed E-state index contributed by atoms with van der Waals surface area (Å²) in [5.41, 5.74) is 6.03. The van der Waals surface area contributed by atoms with Gasteiger partial charge in [0.1, 0.15) is 5.75 Å². The zero-order valence-electron chi connectivity index (χ0n) is 22.0. The van der Waals surface area contributed by atoms with Crippen LogP contribution in [0.15, 0.2) is 30.3 Å². The number of rotatable bonds is 8. The van der Waals surface area contributed by atoms with Crippen LogP contribution in [0.5, 0.6) is 40.2 Å². The Kier molecular flexibility index (Phi) is 6.60. The molecular formula is C29H31NO7. The summed E-state index contributed by atoms with van der Waals surface area (Å²) in [7, 11) is 10.1. The van der Waals surface area contributed by atoms with Crippen molar-refractivity contribution in [2.24, 2.45) is 0 Å². The van der Waals surface area contributed by atoms with Gasteiger partial charge in [-0.05, 0) is 66.4 Å². The quantitative estimate of drug-likeness (QED) is 0.392. The molecule has 0 N–H and O–H groups in total. The number of likely N-dealkylation sites (N-methyl/N-ethyl adjacent to an activating group) is 1. The van der Waals surface area contributed by atoms with E-state index in [4.69, 9.17) is 28.4 Å². The van der Waals surface area contributed by atoms with E-state index in [9.17, 15) is 4.79 Å². The van der Waals surface area contributed by atoms with Crippen LogP contribution in [-0.4, -0.2) is 60.3 Å². The molecule has 0 unspecified atom stereocenters. The molecule has 8 heteroatoms. The molecule has 0 aromatic heterocycles. The van der Waals surface area contributed by atoms with Crippen molar-refractivity contribution in [1.82, 2.24) is 4.90 Å². The van der Waals surface area contributed by atoms with E-state index in [0.717, 1.165) is 42.4 Å². The Morgan fingerprint density at radius 2 is 1.41 bits per heavy atom. The number of aldehydes is 1. The fourth-order valence-corrected chi connectivity index (χ4v) is 5.47. The van der Waals surface area contributed by atoms with Gasteiger partial charge in [0, 0.05) is 24.2 Å². The second-order valence-electron chi connectivity index (χ2n) is 9.14. The van der Waals surface area contributed by atoms with Crippen LogP contribution < -0.4 is 28.4 Å². The third-order valence-electron chi connectivity index (χ3n) is 7.33. The van der Waals surface area contributed by atoms with Crippen LogP contribution in [0, 0.1) is 0 Å². The van der Waals surface area contributed by atoms with Gasteiger partial charge in [-0.1, -0.05) is 0 Å². The normalized spacial score (nSPS) is 15.8. The Morgan fingerprint density at radius 3 is 2.05 bits per heavy atom. The number of fused-ring (bicyclic) bond motifs is 2. The molecule has 1 heterocycles. The predicted octanol–water partition coefficient (Wildman–Crippen LogP) is 5.09. The van der Waals surface area contributed by atoms with E-state index >= 15 is 0 Å². The maximum absolute atomic E-state index is 11.9. The van der Waals surface area contributed by atoms with Crippen molar-refractivity contribution in [3.63, 3.8) is 0 Å². The van der Waals surface area contributed by atoms with Gasteiger partial charge in [0.2, 0.25) is 0 Å². The molecule has 0 saturated heterocycles. The lowest BCUT2D eigenvalue weighted by Crippen LogP contribution is -2.35. The van der Waals surface area contributed by atoms with Crippen molar-refractivity contribution >= 4 is 6.29 Å². The number of ether oxygens (including phenoxy) is 6. The Morgan fingerprint density at radius 1 is 0.757 bits per heavy atom. The first kappa shape index (κ1) is 24.8. The molecule has 1 aliphatic heterocycles. The van der Waals surface area contributed by atoms with Gasteiger partial charge in [-0.25, -0.2) is 0 Å². The molecule has 1 aliphatic carbocycles. The SMILES string of the molecule is COc1cc(C=O)c(Oc2cc3c(cc2OC)-c2c(OC)c(OC)cc4c2[C@@H](C3)N(C)CC4)cc1OC. The van der Waals surface area contributed by atoms with E-state index in [1.165, 1.54) is 25.3 Å². The van der Waals surface area contributed by atoms with Gasteiger partial charge in [-0.3, -0.25) is 9.69 Å². The summed E-state index contributed by atoms with van der Waals surface area (Å²) in [6.45, 7) is 0.954. The molecule has 3 aromatic carbocycles. The van der Waals surface area contributed by atoms with E-state index in [2.05, 4.69) is 18.0 Å². The Labute approximate surface area is 216 Å². The Hall–Kier alpha value is -3.91. The first-order valence-electron chi connectivity index (χ1n) is 12.1. The second kappa shape index (κ2) is 9.86. The lowest BCUT2D eigenvalue weighted by molar-refractivity contribution is 0.112. The Balaban J connectivity index is 1.69. The average molecular weight is 506 g/mol. The van der Waals surface area contributed by atoms with E-state index in [0.29, 0.717) is 45.8 Å². The van der Waals surface area contributed by atoms with Gasteiger partial charge in [0.15, 0.2) is 40.8 Å². The van der Waals surface area contributed by atoms with Crippen molar-refractivity contribution < 1.29 is 33.2 Å². The van der Waals surface area contributed by atoms with Gasteiger partial charge in [-0.15, -0.1) is 0 Å². The van der Waals surface area contributed by atoms with Crippen molar-refractivity contribution in [1.29, 1.82) is 0 Å². The van der Waals surface area contributed by atoms with E-state index < -0.39 is 0 Å². The summed E-state index contributed by atoms with van der Waals surface area (Å²) in [6, 6.07) is 9.51. The second-order valence-corrected chi connectivity index (χ2v) is 9.14. The van der Waals surface area contributed by atoms with Gasteiger partial charge >= 0.3 is 0 Å². The molecule has 0 bridgehead atoms. The summed E-state index contributed by atoms with van der Waals surface area (Å²) < 4.78 is 34.4. The van der Waals surface area contributed by atoms with E-state index in [-0.39, 0.29) is 6.04 Å². The summed E-state index contributed by atoms with van der Waals surface area (Å²) in [4.78, 5) is 14.2. The van der Waals surface area contributed by atoms with E-state index in [1.54, 1.807) is 33.5 Å². The summed E-state index contributed by atoms with van der Waals surface area (Å²) in [6.07, 6.45) is 2.47. The summed E-state index contributed by atoms with van der Waals surface area (Å²) in [5, 5.41) is 0. The molecule has 8 nitrogen and oxygen atoms in total. The maximum atomic E-state index is 11.9. The van der Waals surface area contributed by atoms with Gasteiger partial charge in [0.25, 0.3) is 0 Å². The Bertz CT molecular complexity index is 1370. The van der Waals surface area contributed by atoms with Crippen LogP contribution in [0.4, 0.5) is 0 Å². The minimum absolute atomic E-state index is 0.193. The number of methoxy groups -OCH3 is 5. The molecule has 0 saturated carbocycles. The van der Waals surface area contributed by atoms with Crippen LogP contribution in [0.1, 0.15) is 33.1 Å². The zero-order chi connectivity index (χ0) is 26.3. The van der Waals surface area contributed by atoms with Crippen LogP contribution in [0.25, 0.3) is 11.1 Å². The smallest absolute Gasteiger partial charge is 0.169 e. The molecule has 37 heavy (non-hydrogen) atoms. The fourth-order valence-electron chi connectivity index (χ4n) is 5.47. The fraction of sp³-hybridized carbons (Fsp3) is 0.345. The van der Waals surface area contributed by atoms with Crippen molar-refractivity contribution in [3.05, 3.63) is 52.6 Å². The highest BCUT2D eigenvalue weighted by atomic mass is 16.5. The van der Waals surface area contributed by atoms with Crippen LogP contribution >= 0.6 is 0 Å². The monoisotopic (exact) mass is 505 g/mol. The molecule has 0 amide bonds. The molecule has 194 valence electrons. The molecular weight excluding hydrogens is 474 g/mol. The van der Waals surface area contributed by atoms with Crippen LogP contribution in [0.3, 0.4) is 0 Å². The first-order chi connectivity index (χ1) is 18.0. The highest BCUT2D eigenvalue weighted by Gasteiger charge is 2.37. The molecule has 2 aliphatic rings. The van der Waals surface area contributed by atoms with Crippen molar-refractivity contribution in [2.45, 2.75) is 18.9 Å². The number of hydrogen-bond acceptors (Lipinski definition) is 8. The summed E-state index contributed by atoms with van der Waals surface area (Å²) >= 11 is 0. The lowest BCUT2D eigenvalue weighted by Gasteiger charge is -2.40. The average Bonchev–Trinajstić information content (AvgIpc) is 2.93. The number of benzene rings is 3. The minimum Gasteiger partial charge on any atom is -0.493 e. The highest BCUT2D eigenvalue weighted by Crippen LogP contribution is 2.54. The lowest BCUT2D eigenvalue weighted by atomic mass is 9.76. The summed E-state index contributed by atoms with van der Waals surface area (Å²) in [5.74, 6) is 3.71. The van der Waals surface area contributed by atoms with Crippen LogP contribution in [0.2, 0.25) is 0 Å². The number of carbonyl (C=O) groups is 1. The third kappa shape index (κ3) is 4.01. The predicted molar refractivity (Wildman–Crippen MR) is 139 cm³/mol. The molecule has 0 spiro atoms. The van der Waals surface area contributed by atoms with Crippen LogP contribution in [-0.2, 0) is 12.8 Å². The molecule has 3 aromatic rings. The number of nitrogens with zero attached hydrogens (tertiary/aromatic N) is 1. The largest absolute Gasteiger partial charge is 0.493 e. The van der Waals surface area contributed by atoms with E-state index in [1.807, 2.05) is 12.1 Å². The number of carbonyl (C=O) groups excluding carboxylic acids is 1.